The van der Waals surface area contributed by atoms with Gasteiger partial charge in [0.1, 0.15) is 0 Å². The Morgan fingerprint density at radius 3 is 3.19 bits per heavy atom. The maximum absolute atomic E-state index is 11.8. The van der Waals surface area contributed by atoms with Crippen LogP contribution < -0.4 is 0 Å². The highest BCUT2D eigenvalue weighted by Gasteiger charge is 2.23. The SMILES string of the molecule is CCCOC(=O)c1csc2c1CCC(C)C2. The van der Waals surface area contributed by atoms with Gasteiger partial charge in [-0.05, 0) is 37.2 Å². The standard InChI is InChI=1S/C13H18O2S/c1-3-6-15-13(14)11-8-16-12-7-9(2)4-5-10(11)12/h8-9H,3-7H2,1-2H3. The molecular weight excluding hydrogens is 220 g/mol. The third-order valence-electron chi connectivity index (χ3n) is 3.06. The monoisotopic (exact) mass is 238 g/mol. The van der Waals surface area contributed by atoms with E-state index in [0.717, 1.165) is 30.7 Å². The van der Waals surface area contributed by atoms with Crippen LogP contribution in [0.5, 0.6) is 0 Å². The first-order chi connectivity index (χ1) is 7.72. The second-order valence-corrected chi connectivity index (χ2v) is 5.50. The van der Waals surface area contributed by atoms with Gasteiger partial charge in [-0.2, -0.15) is 0 Å². The molecule has 0 amide bonds. The molecule has 1 heterocycles. The molecule has 0 bridgehead atoms. The van der Waals surface area contributed by atoms with Gasteiger partial charge in [-0.25, -0.2) is 4.79 Å². The molecule has 2 nitrogen and oxygen atoms in total. The van der Waals surface area contributed by atoms with Gasteiger partial charge in [0.05, 0.1) is 12.2 Å². The minimum absolute atomic E-state index is 0.131. The van der Waals surface area contributed by atoms with Crippen LogP contribution in [0.4, 0.5) is 0 Å². The largest absolute Gasteiger partial charge is 0.462 e. The highest BCUT2D eigenvalue weighted by molar-refractivity contribution is 7.10. The van der Waals surface area contributed by atoms with Gasteiger partial charge in [0, 0.05) is 10.3 Å². The van der Waals surface area contributed by atoms with Crippen molar-refractivity contribution in [1.82, 2.24) is 0 Å². The minimum atomic E-state index is -0.131. The lowest BCUT2D eigenvalue weighted by Crippen LogP contribution is -2.13. The second-order valence-electron chi connectivity index (χ2n) is 4.53. The lowest BCUT2D eigenvalue weighted by atomic mass is 9.88. The fourth-order valence-electron chi connectivity index (χ4n) is 2.12. The summed E-state index contributed by atoms with van der Waals surface area (Å²) < 4.78 is 5.20. The lowest BCUT2D eigenvalue weighted by molar-refractivity contribution is 0.0504. The van der Waals surface area contributed by atoms with Gasteiger partial charge in [0.2, 0.25) is 0 Å². The Kier molecular flexibility index (Phi) is 3.64. The minimum Gasteiger partial charge on any atom is -0.462 e. The van der Waals surface area contributed by atoms with Crippen molar-refractivity contribution in [2.45, 2.75) is 39.5 Å². The molecule has 1 aliphatic rings. The Labute approximate surface area is 101 Å². The van der Waals surface area contributed by atoms with Crippen molar-refractivity contribution < 1.29 is 9.53 Å². The maximum Gasteiger partial charge on any atom is 0.339 e. The zero-order chi connectivity index (χ0) is 11.5. The van der Waals surface area contributed by atoms with Gasteiger partial charge in [0.25, 0.3) is 0 Å². The van der Waals surface area contributed by atoms with E-state index in [1.54, 1.807) is 11.3 Å². The van der Waals surface area contributed by atoms with Crippen LogP contribution in [0.2, 0.25) is 0 Å². The first-order valence-corrected chi connectivity index (χ1v) is 6.86. The summed E-state index contributed by atoms with van der Waals surface area (Å²) in [5, 5.41) is 1.97. The predicted molar refractivity (Wildman–Crippen MR) is 66.1 cm³/mol. The highest BCUT2D eigenvalue weighted by Crippen LogP contribution is 2.33. The summed E-state index contributed by atoms with van der Waals surface area (Å²) in [4.78, 5) is 13.2. The Morgan fingerprint density at radius 1 is 1.62 bits per heavy atom. The third-order valence-corrected chi connectivity index (χ3v) is 4.11. The van der Waals surface area contributed by atoms with Crippen LogP contribution in [0.1, 0.15) is 47.5 Å². The maximum atomic E-state index is 11.8. The summed E-state index contributed by atoms with van der Waals surface area (Å²) in [5.74, 6) is 0.625. The van der Waals surface area contributed by atoms with E-state index in [-0.39, 0.29) is 5.97 Å². The van der Waals surface area contributed by atoms with Crippen LogP contribution in [-0.4, -0.2) is 12.6 Å². The molecule has 1 aliphatic carbocycles. The molecule has 0 N–H and O–H groups in total. The summed E-state index contributed by atoms with van der Waals surface area (Å²) in [6, 6.07) is 0. The van der Waals surface area contributed by atoms with Gasteiger partial charge in [-0.15, -0.1) is 11.3 Å². The summed E-state index contributed by atoms with van der Waals surface area (Å²) in [7, 11) is 0. The van der Waals surface area contributed by atoms with Crippen LogP contribution in [0.3, 0.4) is 0 Å². The van der Waals surface area contributed by atoms with Crippen molar-refractivity contribution in [3.8, 4) is 0 Å². The Balaban J connectivity index is 2.14. The Morgan fingerprint density at radius 2 is 2.44 bits per heavy atom. The van der Waals surface area contributed by atoms with E-state index in [9.17, 15) is 4.79 Å². The number of esters is 1. The van der Waals surface area contributed by atoms with E-state index in [1.807, 2.05) is 12.3 Å². The average Bonchev–Trinajstić information content (AvgIpc) is 2.68. The van der Waals surface area contributed by atoms with Crippen LogP contribution in [-0.2, 0) is 17.6 Å². The number of carbonyl (C=O) groups excluding carboxylic acids is 1. The average molecular weight is 238 g/mol. The van der Waals surface area contributed by atoms with E-state index < -0.39 is 0 Å². The molecule has 0 aromatic carbocycles. The first kappa shape index (κ1) is 11.6. The van der Waals surface area contributed by atoms with Crippen molar-refractivity contribution in [1.29, 1.82) is 0 Å². The molecule has 1 unspecified atom stereocenters. The predicted octanol–water partition coefficient (Wildman–Crippen LogP) is 3.44. The molecule has 0 radical (unpaired) electrons. The smallest absolute Gasteiger partial charge is 0.339 e. The fraction of sp³-hybridized carbons (Fsp3) is 0.615. The number of thiophene rings is 1. The fourth-order valence-corrected chi connectivity index (χ4v) is 3.35. The van der Waals surface area contributed by atoms with E-state index in [0.29, 0.717) is 6.61 Å². The first-order valence-electron chi connectivity index (χ1n) is 5.98. The molecule has 3 heteroatoms. The molecule has 0 spiro atoms. The molecule has 88 valence electrons. The Bertz CT molecular complexity index is 381. The highest BCUT2D eigenvalue weighted by atomic mass is 32.1. The van der Waals surface area contributed by atoms with Crippen molar-refractivity contribution in [2.24, 2.45) is 5.92 Å². The molecular formula is C13H18O2S. The molecule has 1 aromatic rings. The van der Waals surface area contributed by atoms with Gasteiger partial charge in [-0.3, -0.25) is 0 Å². The second kappa shape index (κ2) is 5.00. The van der Waals surface area contributed by atoms with Gasteiger partial charge in [0.15, 0.2) is 0 Å². The van der Waals surface area contributed by atoms with Crippen molar-refractivity contribution in [2.75, 3.05) is 6.61 Å². The number of rotatable bonds is 3. The summed E-state index contributed by atoms with van der Waals surface area (Å²) in [6.07, 6.45) is 4.24. The van der Waals surface area contributed by atoms with Crippen molar-refractivity contribution in [3.63, 3.8) is 0 Å². The van der Waals surface area contributed by atoms with Gasteiger partial charge < -0.3 is 4.74 Å². The number of carbonyl (C=O) groups is 1. The molecule has 1 aromatic heterocycles. The summed E-state index contributed by atoms with van der Waals surface area (Å²) in [6.45, 7) is 4.82. The summed E-state index contributed by atoms with van der Waals surface area (Å²) >= 11 is 1.72. The van der Waals surface area contributed by atoms with E-state index in [4.69, 9.17) is 4.74 Å². The summed E-state index contributed by atoms with van der Waals surface area (Å²) in [5.41, 5.74) is 2.07. The van der Waals surface area contributed by atoms with Crippen LogP contribution in [0.25, 0.3) is 0 Å². The quantitative estimate of drug-likeness (QED) is 0.754. The number of ether oxygens (including phenoxy) is 1. The van der Waals surface area contributed by atoms with Gasteiger partial charge in [-0.1, -0.05) is 13.8 Å². The molecule has 0 fully saturated rings. The molecule has 0 saturated carbocycles. The van der Waals surface area contributed by atoms with Crippen LogP contribution in [0.15, 0.2) is 5.38 Å². The van der Waals surface area contributed by atoms with Gasteiger partial charge >= 0.3 is 5.97 Å². The zero-order valence-corrected chi connectivity index (χ0v) is 10.7. The number of fused-ring (bicyclic) bond motifs is 1. The zero-order valence-electron chi connectivity index (χ0n) is 9.91. The topological polar surface area (TPSA) is 26.3 Å². The van der Waals surface area contributed by atoms with Crippen LogP contribution in [0, 0.1) is 5.92 Å². The molecule has 2 rings (SSSR count). The van der Waals surface area contributed by atoms with Crippen molar-refractivity contribution in [3.05, 3.63) is 21.4 Å². The number of hydrogen-bond donors (Lipinski definition) is 0. The lowest BCUT2D eigenvalue weighted by Gasteiger charge is -2.18. The molecule has 1 atom stereocenters. The van der Waals surface area contributed by atoms with Crippen molar-refractivity contribution >= 4 is 17.3 Å². The van der Waals surface area contributed by atoms with E-state index >= 15 is 0 Å². The number of hydrogen-bond acceptors (Lipinski definition) is 3. The molecule has 0 saturated heterocycles. The normalized spacial score (nSPS) is 19.2. The molecule has 16 heavy (non-hydrogen) atoms. The van der Waals surface area contributed by atoms with E-state index in [1.165, 1.54) is 16.9 Å². The molecule has 0 aliphatic heterocycles. The van der Waals surface area contributed by atoms with Crippen LogP contribution >= 0.6 is 11.3 Å². The Hall–Kier alpha value is -0.830. The third kappa shape index (κ3) is 2.29. The van der Waals surface area contributed by atoms with E-state index in [2.05, 4.69) is 6.92 Å².